The molecule has 2 aromatic carbocycles. The first-order chi connectivity index (χ1) is 13.6. The molecular weight excluding hydrogens is 387 g/mol. The minimum absolute atomic E-state index is 0.102. The van der Waals surface area contributed by atoms with Crippen LogP contribution in [0.3, 0.4) is 0 Å². The highest BCUT2D eigenvalue weighted by Gasteiger charge is 2.22. The van der Waals surface area contributed by atoms with Crippen LogP contribution in [0.25, 0.3) is 0 Å². The van der Waals surface area contributed by atoms with Crippen LogP contribution in [0.2, 0.25) is 0 Å². The van der Waals surface area contributed by atoms with Crippen LogP contribution >= 0.6 is 0 Å². The van der Waals surface area contributed by atoms with Gasteiger partial charge in [0.2, 0.25) is 0 Å². The third kappa shape index (κ3) is 5.66. The van der Waals surface area contributed by atoms with Gasteiger partial charge in [0.05, 0.1) is 12.1 Å². The van der Waals surface area contributed by atoms with E-state index in [1.165, 1.54) is 6.92 Å². The third-order valence-corrected chi connectivity index (χ3v) is 4.22. The van der Waals surface area contributed by atoms with Crippen LogP contribution in [-0.4, -0.2) is 23.8 Å². The molecule has 29 heavy (non-hydrogen) atoms. The number of halogens is 3. The standard InChI is InChI=1S/C21H20F3NO4/c1-11-4-5-12(2)14(10-11)17(26)8-9-18(27)29-13(3)21(28)25-16-7-6-15(22)19(23)20(16)24/h4-7,10,13H,8-9H2,1-3H3,(H,25,28)/t13-/m1/s1. The molecule has 0 radical (unpaired) electrons. The quantitative estimate of drug-likeness (QED) is 0.423. The van der Waals surface area contributed by atoms with Gasteiger partial charge in [0.25, 0.3) is 5.91 Å². The molecule has 0 aromatic heterocycles. The van der Waals surface area contributed by atoms with Crippen LogP contribution in [0.5, 0.6) is 0 Å². The third-order valence-electron chi connectivity index (χ3n) is 4.22. The number of aryl methyl sites for hydroxylation is 2. The summed E-state index contributed by atoms with van der Waals surface area (Å²) in [6.07, 6.45) is -1.68. The van der Waals surface area contributed by atoms with Crippen molar-refractivity contribution in [3.8, 4) is 0 Å². The van der Waals surface area contributed by atoms with Gasteiger partial charge in [-0.2, -0.15) is 0 Å². The first-order valence-electron chi connectivity index (χ1n) is 8.84. The van der Waals surface area contributed by atoms with E-state index in [-0.39, 0.29) is 18.6 Å². The van der Waals surface area contributed by atoms with Crippen LogP contribution in [0.4, 0.5) is 18.9 Å². The minimum atomic E-state index is -1.72. The van der Waals surface area contributed by atoms with E-state index in [9.17, 15) is 27.6 Å². The minimum Gasteiger partial charge on any atom is -0.453 e. The number of hydrogen-bond acceptors (Lipinski definition) is 4. The van der Waals surface area contributed by atoms with Crippen LogP contribution in [0.15, 0.2) is 30.3 Å². The van der Waals surface area contributed by atoms with E-state index in [1.54, 1.807) is 13.0 Å². The first kappa shape index (κ1) is 22.1. The summed E-state index contributed by atoms with van der Waals surface area (Å²) in [5.74, 6) is -6.63. The maximum Gasteiger partial charge on any atom is 0.307 e. The zero-order valence-electron chi connectivity index (χ0n) is 16.1. The molecule has 1 atom stereocenters. The van der Waals surface area contributed by atoms with E-state index in [1.807, 2.05) is 24.4 Å². The lowest BCUT2D eigenvalue weighted by molar-refractivity contribution is -0.153. The number of esters is 1. The van der Waals surface area contributed by atoms with E-state index >= 15 is 0 Å². The number of hydrogen-bond donors (Lipinski definition) is 1. The lowest BCUT2D eigenvalue weighted by atomic mass is 9.99. The molecule has 0 aliphatic heterocycles. The Balaban J connectivity index is 1.90. The Morgan fingerprint density at radius 2 is 1.69 bits per heavy atom. The van der Waals surface area contributed by atoms with Crippen LogP contribution in [-0.2, 0) is 14.3 Å². The van der Waals surface area contributed by atoms with Crippen molar-refractivity contribution in [1.29, 1.82) is 0 Å². The zero-order valence-corrected chi connectivity index (χ0v) is 16.1. The molecule has 0 aliphatic rings. The van der Waals surface area contributed by atoms with E-state index in [2.05, 4.69) is 0 Å². The number of ether oxygens (including phenoxy) is 1. The Kier molecular flexibility index (Phi) is 7.14. The largest absolute Gasteiger partial charge is 0.453 e. The number of carbonyl (C=O) groups excluding carboxylic acids is 3. The SMILES string of the molecule is Cc1ccc(C)c(C(=O)CCC(=O)O[C@H](C)C(=O)Nc2ccc(F)c(F)c2F)c1. The molecule has 1 N–H and O–H groups in total. The molecule has 1 amide bonds. The number of amides is 1. The molecule has 0 saturated carbocycles. The number of benzene rings is 2. The van der Waals surface area contributed by atoms with Gasteiger partial charge in [0.15, 0.2) is 29.3 Å². The Labute approximate surface area is 165 Å². The molecule has 0 fully saturated rings. The molecule has 2 rings (SSSR count). The molecule has 0 unspecified atom stereocenters. The van der Waals surface area contributed by atoms with Crippen molar-refractivity contribution < 1.29 is 32.3 Å². The van der Waals surface area contributed by atoms with Gasteiger partial charge in [0, 0.05) is 12.0 Å². The fourth-order valence-corrected chi connectivity index (χ4v) is 2.55. The smallest absolute Gasteiger partial charge is 0.307 e. The first-order valence-corrected chi connectivity index (χ1v) is 8.84. The molecule has 8 heteroatoms. The Hall–Kier alpha value is -3.16. The van der Waals surface area contributed by atoms with Crippen molar-refractivity contribution >= 4 is 23.3 Å². The topological polar surface area (TPSA) is 72.5 Å². The fourth-order valence-electron chi connectivity index (χ4n) is 2.55. The predicted molar refractivity (Wildman–Crippen MR) is 100.0 cm³/mol. The summed E-state index contributed by atoms with van der Waals surface area (Å²) in [6, 6.07) is 6.92. The molecule has 154 valence electrons. The molecule has 2 aromatic rings. The fraction of sp³-hybridized carbons (Fsp3) is 0.286. The second kappa shape index (κ2) is 9.36. The average molecular weight is 407 g/mol. The van der Waals surface area contributed by atoms with Crippen molar-refractivity contribution in [1.82, 2.24) is 0 Å². The summed E-state index contributed by atoms with van der Waals surface area (Å²) in [5, 5.41) is 2.02. The van der Waals surface area contributed by atoms with E-state index < -0.39 is 41.1 Å². The van der Waals surface area contributed by atoms with Gasteiger partial charge in [-0.05, 0) is 44.5 Å². The summed E-state index contributed by atoms with van der Waals surface area (Å²) >= 11 is 0. The molecule has 5 nitrogen and oxygen atoms in total. The maximum atomic E-state index is 13.6. The van der Waals surface area contributed by atoms with Crippen molar-refractivity contribution in [3.05, 3.63) is 64.5 Å². The number of nitrogens with one attached hydrogen (secondary N) is 1. The van der Waals surface area contributed by atoms with Crippen LogP contribution in [0, 0.1) is 31.3 Å². The molecule has 0 heterocycles. The van der Waals surface area contributed by atoms with Crippen LogP contribution in [0.1, 0.15) is 41.3 Å². The number of anilines is 1. The number of carbonyl (C=O) groups is 3. The average Bonchev–Trinajstić information content (AvgIpc) is 2.68. The van der Waals surface area contributed by atoms with Gasteiger partial charge in [0.1, 0.15) is 0 Å². The van der Waals surface area contributed by atoms with Gasteiger partial charge in [-0.1, -0.05) is 17.7 Å². The summed E-state index contributed by atoms with van der Waals surface area (Å²) in [7, 11) is 0. The Morgan fingerprint density at radius 1 is 1.00 bits per heavy atom. The molecule has 0 bridgehead atoms. The second-order valence-electron chi connectivity index (χ2n) is 6.59. The zero-order chi connectivity index (χ0) is 21.7. The van der Waals surface area contributed by atoms with Crippen molar-refractivity contribution in [2.45, 2.75) is 39.7 Å². The monoisotopic (exact) mass is 407 g/mol. The highest BCUT2D eigenvalue weighted by atomic mass is 19.2. The van der Waals surface area contributed by atoms with Crippen molar-refractivity contribution in [3.63, 3.8) is 0 Å². The van der Waals surface area contributed by atoms with Crippen molar-refractivity contribution in [2.24, 2.45) is 0 Å². The summed E-state index contributed by atoms with van der Waals surface area (Å²) < 4.78 is 44.7. The van der Waals surface area contributed by atoms with E-state index in [0.29, 0.717) is 11.6 Å². The molecule has 0 spiro atoms. The predicted octanol–water partition coefficient (Wildman–Crippen LogP) is 4.25. The summed E-state index contributed by atoms with van der Waals surface area (Å²) in [4.78, 5) is 36.2. The lowest BCUT2D eigenvalue weighted by Crippen LogP contribution is -2.30. The highest BCUT2D eigenvalue weighted by molar-refractivity contribution is 5.99. The number of rotatable bonds is 7. The van der Waals surface area contributed by atoms with Gasteiger partial charge in [-0.25, -0.2) is 13.2 Å². The van der Waals surface area contributed by atoms with Crippen molar-refractivity contribution in [2.75, 3.05) is 5.32 Å². The number of ketones is 1. The van der Waals surface area contributed by atoms with Gasteiger partial charge in [-0.15, -0.1) is 0 Å². The number of Topliss-reactive ketones (excluding diaryl/α,β-unsaturated/α-hetero) is 1. The summed E-state index contributed by atoms with van der Waals surface area (Å²) in [6.45, 7) is 4.87. The molecular formula is C21H20F3NO4. The van der Waals surface area contributed by atoms with Gasteiger partial charge in [-0.3, -0.25) is 14.4 Å². The second-order valence-corrected chi connectivity index (χ2v) is 6.59. The highest BCUT2D eigenvalue weighted by Crippen LogP contribution is 2.20. The normalized spacial score (nSPS) is 11.7. The van der Waals surface area contributed by atoms with Crippen LogP contribution < -0.4 is 5.32 Å². The lowest BCUT2D eigenvalue weighted by Gasteiger charge is -2.14. The maximum absolute atomic E-state index is 13.6. The van der Waals surface area contributed by atoms with Gasteiger partial charge >= 0.3 is 5.97 Å². The Morgan fingerprint density at radius 3 is 2.38 bits per heavy atom. The van der Waals surface area contributed by atoms with Gasteiger partial charge < -0.3 is 10.1 Å². The van der Waals surface area contributed by atoms with E-state index in [4.69, 9.17) is 4.74 Å². The Bertz CT molecular complexity index is 959. The summed E-state index contributed by atoms with van der Waals surface area (Å²) in [5.41, 5.74) is 1.63. The molecule has 0 aliphatic carbocycles. The van der Waals surface area contributed by atoms with E-state index in [0.717, 1.165) is 17.2 Å². The molecule has 0 saturated heterocycles.